The molecule has 0 atom stereocenters. The molecule has 94 valence electrons. The standard InChI is InChI=1S/C13H14FN3O/c14-10-4-6-11(7-5-10)17-13(9-2-1-3-9)12(8-18)15-16-17/h4-7,9,18H,1-3,8H2. The van der Waals surface area contributed by atoms with E-state index in [-0.39, 0.29) is 12.4 Å². The predicted molar refractivity (Wildman–Crippen MR) is 63.8 cm³/mol. The molecule has 0 unspecified atom stereocenters. The van der Waals surface area contributed by atoms with Crippen LogP contribution in [0.1, 0.15) is 36.6 Å². The SMILES string of the molecule is OCc1nnn(-c2ccc(F)cc2)c1C1CCC1. The Labute approximate surface area is 104 Å². The Bertz CT molecular complexity index is 546. The van der Waals surface area contributed by atoms with Crippen LogP contribution in [0.2, 0.25) is 0 Å². The van der Waals surface area contributed by atoms with Crippen LogP contribution in [-0.4, -0.2) is 20.1 Å². The highest BCUT2D eigenvalue weighted by atomic mass is 19.1. The molecule has 1 fully saturated rings. The summed E-state index contributed by atoms with van der Waals surface area (Å²) in [6.45, 7) is -0.104. The van der Waals surface area contributed by atoms with Crippen LogP contribution < -0.4 is 0 Å². The highest BCUT2D eigenvalue weighted by Crippen LogP contribution is 2.38. The van der Waals surface area contributed by atoms with Crippen LogP contribution in [0.25, 0.3) is 5.69 Å². The molecule has 0 saturated heterocycles. The summed E-state index contributed by atoms with van der Waals surface area (Å²) in [5.74, 6) is 0.138. The molecule has 1 saturated carbocycles. The fourth-order valence-corrected chi connectivity index (χ4v) is 2.30. The lowest BCUT2D eigenvalue weighted by atomic mass is 9.82. The average Bonchev–Trinajstić information content (AvgIpc) is 2.72. The van der Waals surface area contributed by atoms with E-state index in [9.17, 15) is 9.50 Å². The largest absolute Gasteiger partial charge is 0.390 e. The topological polar surface area (TPSA) is 50.9 Å². The molecular formula is C13H14FN3O. The number of rotatable bonds is 3. The number of hydrogen-bond acceptors (Lipinski definition) is 3. The first-order valence-electron chi connectivity index (χ1n) is 6.11. The van der Waals surface area contributed by atoms with Crippen LogP contribution in [0.4, 0.5) is 4.39 Å². The zero-order valence-corrected chi connectivity index (χ0v) is 9.88. The molecule has 0 aliphatic heterocycles. The molecule has 3 rings (SSSR count). The normalized spacial score (nSPS) is 15.7. The second-order valence-electron chi connectivity index (χ2n) is 4.60. The van der Waals surface area contributed by atoms with Crippen molar-refractivity contribution in [1.82, 2.24) is 15.0 Å². The number of aliphatic hydroxyl groups excluding tert-OH is 1. The zero-order valence-electron chi connectivity index (χ0n) is 9.88. The number of aromatic nitrogens is 3. The van der Waals surface area contributed by atoms with Gasteiger partial charge in [-0.05, 0) is 37.1 Å². The first-order valence-corrected chi connectivity index (χ1v) is 6.11. The minimum Gasteiger partial charge on any atom is -0.390 e. The van der Waals surface area contributed by atoms with Crippen LogP contribution in [0.3, 0.4) is 0 Å². The van der Waals surface area contributed by atoms with Gasteiger partial charge >= 0.3 is 0 Å². The summed E-state index contributed by atoms with van der Waals surface area (Å²) in [4.78, 5) is 0. The fourth-order valence-electron chi connectivity index (χ4n) is 2.30. The Kier molecular flexibility index (Phi) is 2.83. The third kappa shape index (κ3) is 1.80. The van der Waals surface area contributed by atoms with Crippen LogP contribution in [0.5, 0.6) is 0 Å². The van der Waals surface area contributed by atoms with Crippen LogP contribution >= 0.6 is 0 Å². The van der Waals surface area contributed by atoms with Gasteiger partial charge in [0.2, 0.25) is 0 Å². The Balaban J connectivity index is 2.05. The van der Waals surface area contributed by atoms with E-state index < -0.39 is 0 Å². The molecule has 1 aliphatic carbocycles. The molecule has 1 aromatic heterocycles. The van der Waals surface area contributed by atoms with E-state index in [4.69, 9.17) is 0 Å². The highest BCUT2D eigenvalue weighted by Gasteiger charge is 2.27. The van der Waals surface area contributed by atoms with Crippen molar-refractivity contribution in [3.05, 3.63) is 41.5 Å². The van der Waals surface area contributed by atoms with E-state index in [1.807, 2.05) is 0 Å². The van der Waals surface area contributed by atoms with Gasteiger partial charge in [0, 0.05) is 5.92 Å². The average molecular weight is 247 g/mol. The molecule has 5 heteroatoms. The monoisotopic (exact) mass is 247 g/mol. The number of nitrogens with zero attached hydrogens (tertiary/aromatic N) is 3. The van der Waals surface area contributed by atoms with Gasteiger partial charge in [-0.3, -0.25) is 0 Å². The van der Waals surface area contributed by atoms with Crippen molar-refractivity contribution >= 4 is 0 Å². The summed E-state index contributed by atoms with van der Waals surface area (Å²) in [5, 5.41) is 17.4. The third-order valence-corrected chi connectivity index (χ3v) is 3.49. The predicted octanol–water partition coefficient (Wildman–Crippen LogP) is 2.17. The van der Waals surface area contributed by atoms with Crippen molar-refractivity contribution in [2.45, 2.75) is 31.8 Å². The van der Waals surface area contributed by atoms with Gasteiger partial charge in [-0.15, -0.1) is 5.10 Å². The van der Waals surface area contributed by atoms with Crippen molar-refractivity contribution in [2.24, 2.45) is 0 Å². The Morgan fingerprint density at radius 1 is 1.28 bits per heavy atom. The molecule has 0 amide bonds. The van der Waals surface area contributed by atoms with Gasteiger partial charge in [0.1, 0.15) is 11.5 Å². The number of hydrogen-bond donors (Lipinski definition) is 1. The van der Waals surface area contributed by atoms with E-state index in [0.717, 1.165) is 24.2 Å². The van der Waals surface area contributed by atoms with Crippen LogP contribution in [0, 0.1) is 5.82 Å². The van der Waals surface area contributed by atoms with Gasteiger partial charge in [0.15, 0.2) is 0 Å². The molecule has 0 spiro atoms. The van der Waals surface area contributed by atoms with E-state index in [0.29, 0.717) is 11.6 Å². The highest BCUT2D eigenvalue weighted by molar-refractivity contribution is 5.35. The molecule has 0 radical (unpaired) electrons. The summed E-state index contributed by atoms with van der Waals surface area (Å²) in [6.07, 6.45) is 3.40. The molecular weight excluding hydrogens is 233 g/mol. The molecule has 0 bridgehead atoms. The van der Waals surface area contributed by atoms with Gasteiger partial charge in [-0.25, -0.2) is 9.07 Å². The second-order valence-corrected chi connectivity index (χ2v) is 4.60. The first kappa shape index (κ1) is 11.3. The van der Waals surface area contributed by atoms with Gasteiger partial charge in [0.25, 0.3) is 0 Å². The summed E-state index contributed by atoms with van der Waals surface area (Å²) in [5.41, 5.74) is 2.38. The minimum atomic E-state index is -0.272. The molecule has 1 aromatic carbocycles. The maximum atomic E-state index is 12.9. The maximum Gasteiger partial charge on any atom is 0.123 e. The summed E-state index contributed by atoms with van der Waals surface area (Å²) in [6, 6.07) is 6.15. The summed E-state index contributed by atoms with van der Waals surface area (Å²) >= 11 is 0. The lowest BCUT2D eigenvalue weighted by Gasteiger charge is -2.26. The Morgan fingerprint density at radius 3 is 2.56 bits per heavy atom. The fraction of sp³-hybridized carbons (Fsp3) is 0.385. The summed E-state index contributed by atoms with van der Waals surface area (Å²) in [7, 11) is 0. The lowest BCUT2D eigenvalue weighted by molar-refractivity contribution is 0.272. The van der Waals surface area contributed by atoms with E-state index in [2.05, 4.69) is 10.3 Å². The van der Waals surface area contributed by atoms with Crippen molar-refractivity contribution in [3.63, 3.8) is 0 Å². The van der Waals surface area contributed by atoms with E-state index in [1.165, 1.54) is 18.6 Å². The molecule has 4 nitrogen and oxygen atoms in total. The smallest absolute Gasteiger partial charge is 0.123 e. The molecule has 1 heterocycles. The Morgan fingerprint density at radius 2 is 2.00 bits per heavy atom. The van der Waals surface area contributed by atoms with Crippen molar-refractivity contribution in [2.75, 3.05) is 0 Å². The third-order valence-electron chi connectivity index (χ3n) is 3.49. The van der Waals surface area contributed by atoms with E-state index in [1.54, 1.807) is 16.8 Å². The molecule has 18 heavy (non-hydrogen) atoms. The summed E-state index contributed by atoms with van der Waals surface area (Å²) < 4.78 is 14.6. The van der Waals surface area contributed by atoms with E-state index >= 15 is 0 Å². The molecule has 2 aromatic rings. The second kappa shape index (κ2) is 4.49. The van der Waals surface area contributed by atoms with Crippen molar-refractivity contribution in [1.29, 1.82) is 0 Å². The molecule has 1 aliphatic rings. The minimum absolute atomic E-state index is 0.104. The lowest BCUT2D eigenvalue weighted by Crippen LogP contribution is -2.16. The van der Waals surface area contributed by atoms with Crippen LogP contribution in [-0.2, 0) is 6.61 Å². The van der Waals surface area contributed by atoms with Crippen molar-refractivity contribution < 1.29 is 9.50 Å². The Hall–Kier alpha value is -1.75. The first-order chi connectivity index (χ1) is 8.79. The number of benzene rings is 1. The van der Waals surface area contributed by atoms with Gasteiger partial charge in [-0.1, -0.05) is 11.6 Å². The number of halogens is 1. The van der Waals surface area contributed by atoms with Gasteiger partial charge in [0.05, 0.1) is 18.0 Å². The van der Waals surface area contributed by atoms with Gasteiger partial charge < -0.3 is 5.11 Å². The van der Waals surface area contributed by atoms with Crippen LogP contribution in [0.15, 0.2) is 24.3 Å². The maximum absolute atomic E-state index is 12.9. The van der Waals surface area contributed by atoms with Crippen molar-refractivity contribution in [3.8, 4) is 5.69 Å². The zero-order chi connectivity index (χ0) is 12.5. The number of aliphatic hydroxyl groups is 1. The quantitative estimate of drug-likeness (QED) is 0.904. The van der Waals surface area contributed by atoms with Gasteiger partial charge in [-0.2, -0.15) is 0 Å². The molecule has 1 N–H and O–H groups in total.